The molecule has 3 nitrogen and oxygen atoms in total. The summed E-state index contributed by atoms with van der Waals surface area (Å²) in [6, 6.07) is 42.0. The molecule has 9 aromatic rings. The Morgan fingerprint density at radius 3 is 2.19 bits per heavy atom. The van der Waals surface area contributed by atoms with Gasteiger partial charge in [0.25, 0.3) is 0 Å². The number of fused-ring (bicyclic) bond motifs is 12. The van der Waals surface area contributed by atoms with Crippen molar-refractivity contribution in [1.82, 2.24) is 14.4 Å². The third kappa shape index (κ3) is 2.66. The molecule has 10 rings (SSSR count). The quantitative estimate of drug-likeness (QED) is 0.209. The number of hydrogen-bond donors (Lipinski definition) is 0. The third-order valence-corrected chi connectivity index (χ3v) is 9.69. The van der Waals surface area contributed by atoms with E-state index in [0.29, 0.717) is 0 Å². The lowest BCUT2D eigenvalue weighted by Gasteiger charge is -2.21. The monoisotopic (exact) mass is 535 g/mol. The first-order valence-corrected chi connectivity index (χ1v) is 14.6. The lowest BCUT2D eigenvalue weighted by Crippen LogP contribution is -2.14. The molecule has 3 aromatic heterocycles. The van der Waals surface area contributed by atoms with Gasteiger partial charge >= 0.3 is 0 Å². The first-order valence-electron chi connectivity index (χ1n) is 14.6. The fourth-order valence-corrected chi connectivity index (χ4v) is 7.69. The summed E-state index contributed by atoms with van der Waals surface area (Å²) in [4.78, 5) is 10.3. The lowest BCUT2D eigenvalue weighted by atomic mass is 9.82. The number of nitrogens with zero attached hydrogens (tertiary/aromatic N) is 3. The van der Waals surface area contributed by atoms with Crippen molar-refractivity contribution >= 4 is 60.2 Å². The SMILES string of the molecule is CC1(C)c2ccccc2-c2cc(-c3ccc4c(c3)c3cc5ccccc5c5c6nc7ccccc7nc6n4c35)ccc21. The van der Waals surface area contributed by atoms with Crippen molar-refractivity contribution in [2.45, 2.75) is 19.3 Å². The lowest BCUT2D eigenvalue weighted by molar-refractivity contribution is 0.660. The number of hydrogen-bond acceptors (Lipinski definition) is 2. The molecule has 1 aliphatic carbocycles. The van der Waals surface area contributed by atoms with Crippen LogP contribution in [-0.4, -0.2) is 14.4 Å². The van der Waals surface area contributed by atoms with Crippen LogP contribution in [0.2, 0.25) is 0 Å². The molecule has 0 bridgehead atoms. The summed E-state index contributed by atoms with van der Waals surface area (Å²) >= 11 is 0. The highest BCUT2D eigenvalue weighted by Gasteiger charge is 2.35. The minimum Gasteiger partial charge on any atom is -0.291 e. The van der Waals surface area contributed by atoms with E-state index in [2.05, 4.69) is 121 Å². The Kier molecular flexibility index (Phi) is 4.01. The van der Waals surface area contributed by atoms with Crippen LogP contribution < -0.4 is 0 Å². The van der Waals surface area contributed by atoms with Crippen LogP contribution in [0.25, 0.3) is 82.4 Å². The zero-order valence-electron chi connectivity index (χ0n) is 23.3. The van der Waals surface area contributed by atoms with Gasteiger partial charge in [-0.1, -0.05) is 92.7 Å². The van der Waals surface area contributed by atoms with Crippen molar-refractivity contribution in [1.29, 1.82) is 0 Å². The standard InChI is InChI=1S/C39H25N3/c1-39(2)30-12-6-5-11-26(30)27-19-22(15-17-31(27)39)23-16-18-34-28(20-23)29-21-24-9-3-4-10-25(24)35-36-38(42(34)37(29)35)41-33-14-8-7-13-32(33)40-36/h3-21H,1-2H3. The van der Waals surface area contributed by atoms with Gasteiger partial charge in [0.1, 0.15) is 5.52 Å². The van der Waals surface area contributed by atoms with E-state index in [1.54, 1.807) is 0 Å². The molecule has 0 radical (unpaired) electrons. The Labute approximate surface area is 242 Å². The maximum atomic E-state index is 5.18. The van der Waals surface area contributed by atoms with E-state index in [9.17, 15) is 0 Å². The first-order chi connectivity index (χ1) is 20.6. The highest BCUT2D eigenvalue weighted by atomic mass is 15.0. The molecule has 0 N–H and O–H groups in total. The van der Waals surface area contributed by atoms with Crippen molar-refractivity contribution in [3.8, 4) is 22.3 Å². The third-order valence-electron chi connectivity index (χ3n) is 9.69. The molecule has 1 aliphatic rings. The highest BCUT2D eigenvalue weighted by molar-refractivity contribution is 6.30. The summed E-state index contributed by atoms with van der Waals surface area (Å²) in [6.07, 6.45) is 0. The van der Waals surface area contributed by atoms with Gasteiger partial charge in [-0.2, -0.15) is 0 Å². The number of aromatic nitrogens is 3. The molecule has 3 heteroatoms. The summed E-state index contributed by atoms with van der Waals surface area (Å²) in [5.41, 5.74) is 14.1. The maximum absolute atomic E-state index is 5.18. The average molecular weight is 536 g/mol. The molecule has 0 aliphatic heterocycles. The van der Waals surface area contributed by atoms with Gasteiger partial charge in [-0.05, 0) is 80.6 Å². The van der Waals surface area contributed by atoms with Gasteiger partial charge < -0.3 is 0 Å². The van der Waals surface area contributed by atoms with Gasteiger partial charge in [0.2, 0.25) is 0 Å². The van der Waals surface area contributed by atoms with Crippen LogP contribution in [0, 0.1) is 0 Å². The van der Waals surface area contributed by atoms with Crippen LogP contribution in [0.15, 0.2) is 115 Å². The van der Waals surface area contributed by atoms with Crippen molar-refractivity contribution in [3.05, 3.63) is 126 Å². The van der Waals surface area contributed by atoms with Crippen molar-refractivity contribution < 1.29 is 0 Å². The van der Waals surface area contributed by atoms with Gasteiger partial charge in [0.05, 0.1) is 22.1 Å². The maximum Gasteiger partial charge on any atom is 0.165 e. The van der Waals surface area contributed by atoms with Crippen LogP contribution in [-0.2, 0) is 5.41 Å². The second-order valence-corrected chi connectivity index (χ2v) is 12.3. The fourth-order valence-electron chi connectivity index (χ4n) is 7.69. The molecule has 0 spiro atoms. The van der Waals surface area contributed by atoms with Crippen molar-refractivity contribution in [2.75, 3.05) is 0 Å². The minimum atomic E-state index is 0.00882. The Morgan fingerprint density at radius 2 is 1.29 bits per heavy atom. The molecule has 0 saturated carbocycles. The molecule has 0 fully saturated rings. The number of rotatable bonds is 1. The van der Waals surface area contributed by atoms with Gasteiger partial charge in [0.15, 0.2) is 5.65 Å². The molecular formula is C39H25N3. The molecule has 0 unspecified atom stereocenters. The van der Waals surface area contributed by atoms with E-state index in [1.165, 1.54) is 71.3 Å². The molecule has 0 amide bonds. The normalized spacial score (nSPS) is 14.1. The Bertz CT molecular complexity index is 2600. The van der Waals surface area contributed by atoms with E-state index in [0.717, 1.165) is 22.2 Å². The molecule has 42 heavy (non-hydrogen) atoms. The molecule has 3 heterocycles. The van der Waals surface area contributed by atoms with Gasteiger partial charge in [-0.15, -0.1) is 0 Å². The van der Waals surface area contributed by atoms with E-state index >= 15 is 0 Å². The summed E-state index contributed by atoms with van der Waals surface area (Å²) in [7, 11) is 0. The largest absolute Gasteiger partial charge is 0.291 e. The van der Waals surface area contributed by atoms with Crippen LogP contribution in [0.5, 0.6) is 0 Å². The second kappa shape index (κ2) is 7.51. The van der Waals surface area contributed by atoms with Crippen LogP contribution >= 0.6 is 0 Å². The first kappa shape index (κ1) is 22.4. The van der Waals surface area contributed by atoms with Gasteiger partial charge in [0, 0.05) is 21.6 Å². The van der Waals surface area contributed by atoms with Crippen LogP contribution in [0.1, 0.15) is 25.0 Å². The smallest absolute Gasteiger partial charge is 0.165 e. The number of para-hydroxylation sites is 2. The molecular weight excluding hydrogens is 510 g/mol. The summed E-state index contributed by atoms with van der Waals surface area (Å²) in [6.45, 7) is 4.67. The van der Waals surface area contributed by atoms with E-state index in [4.69, 9.17) is 9.97 Å². The van der Waals surface area contributed by atoms with E-state index in [1.807, 2.05) is 12.1 Å². The average Bonchev–Trinajstić information content (AvgIpc) is 3.61. The van der Waals surface area contributed by atoms with Crippen molar-refractivity contribution in [2.24, 2.45) is 0 Å². The van der Waals surface area contributed by atoms with Crippen molar-refractivity contribution in [3.63, 3.8) is 0 Å². The summed E-state index contributed by atoms with van der Waals surface area (Å²) < 4.78 is 2.34. The molecule has 0 atom stereocenters. The molecule has 196 valence electrons. The zero-order chi connectivity index (χ0) is 27.7. The number of benzene rings is 6. The molecule has 6 aromatic carbocycles. The highest BCUT2D eigenvalue weighted by Crippen LogP contribution is 2.50. The van der Waals surface area contributed by atoms with Crippen LogP contribution in [0.3, 0.4) is 0 Å². The Hall–Kier alpha value is -5.28. The predicted octanol–water partition coefficient (Wildman–Crippen LogP) is 9.91. The zero-order valence-corrected chi connectivity index (χ0v) is 23.3. The summed E-state index contributed by atoms with van der Waals surface area (Å²) in [5.74, 6) is 0. The Morgan fingerprint density at radius 1 is 0.571 bits per heavy atom. The molecule has 0 saturated heterocycles. The van der Waals surface area contributed by atoms with E-state index in [-0.39, 0.29) is 5.41 Å². The van der Waals surface area contributed by atoms with Gasteiger partial charge in [-0.3, -0.25) is 4.40 Å². The van der Waals surface area contributed by atoms with Gasteiger partial charge in [-0.25, -0.2) is 9.97 Å². The topological polar surface area (TPSA) is 30.2 Å². The predicted molar refractivity (Wildman–Crippen MR) is 175 cm³/mol. The van der Waals surface area contributed by atoms with E-state index < -0.39 is 0 Å². The Balaban J connectivity index is 1.29. The summed E-state index contributed by atoms with van der Waals surface area (Å²) in [5, 5.41) is 6.13. The van der Waals surface area contributed by atoms with Crippen LogP contribution in [0.4, 0.5) is 0 Å². The fraction of sp³-hybridized carbons (Fsp3) is 0.0769. The minimum absolute atomic E-state index is 0.00882. The second-order valence-electron chi connectivity index (χ2n) is 12.3.